The van der Waals surface area contributed by atoms with E-state index in [2.05, 4.69) is 11.9 Å². The lowest BCUT2D eigenvalue weighted by molar-refractivity contribution is -0.111. The van der Waals surface area contributed by atoms with Crippen LogP contribution in [0.1, 0.15) is 0 Å². The number of anilines is 1. The predicted octanol–water partition coefficient (Wildman–Crippen LogP) is 2.53. The van der Waals surface area contributed by atoms with Crippen molar-refractivity contribution in [2.75, 3.05) is 5.32 Å². The van der Waals surface area contributed by atoms with Crippen LogP contribution in [0.25, 0.3) is 0 Å². The minimum absolute atomic E-state index is 0.245. The first-order valence-corrected chi connectivity index (χ1v) is 4.16. The summed E-state index contributed by atoms with van der Waals surface area (Å²) in [6.45, 7) is 3.32. The first-order valence-electron chi connectivity index (χ1n) is 2.90. The molecule has 0 spiro atoms. The van der Waals surface area contributed by atoms with Crippen LogP contribution in [0, 0.1) is 0 Å². The van der Waals surface area contributed by atoms with E-state index >= 15 is 0 Å². The Balaban J connectivity index is 2.71. The zero-order chi connectivity index (χ0) is 8.27. The lowest BCUT2D eigenvalue weighted by Gasteiger charge is -1.96. The minimum atomic E-state index is -0.245. The Morgan fingerprint density at radius 1 is 1.82 bits per heavy atom. The number of thiophene rings is 1. The lowest BCUT2D eigenvalue weighted by atomic mass is 10.5. The van der Waals surface area contributed by atoms with Crippen LogP contribution in [0.4, 0.5) is 5.69 Å². The van der Waals surface area contributed by atoms with E-state index in [0.29, 0.717) is 10.0 Å². The topological polar surface area (TPSA) is 29.1 Å². The van der Waals surface area contributed by atoms with Crippen molar-refractivity contribution in [3.8, 4) is 0 Å². The van der Waals surface area contributed by atoms with E-state index in [1.807, 2.05) is 0 Å². The molecule has 0 aliphatic heterocycles. The van der Waals surface area contributed by atoms with Crippen molar-refractivity contribution in [2.45, 2.75) is 0 Å². The van der Waals surface area contributed by atoms with Crippen molar-refractivity contribution < 1.29 is 4.79 Å². The quantitative estimate of drug-likeness (QED) is 0.709. The maximum atomic E-state index is 10.7. The summed E-state index contributed by atoms with van der Waals surface area (Å²) >= 11 is 7.08. The summed E-state index contributed by atoms with van der Waals surface area (Å²) in [4.78, 5) is 10.7. The Morgan fingerprint density at radius 3 is 3.00 bits per heavy atom. The monoisotopic (exact) mass is 187 g/mol. The molecule has 0 saturated heterocycles. The molecule has 1 heterocycles. The standard InChI is InChI=1S/C7H6ClNOS/c1-2-6(10)9-5-3-4-11-7(5)8/h2-4H,1H2,(H,9,10). The molecular formula is C7H6ClNOS. The van der Waals surface area contributed by atoms with E-state index in [-0.39, 0.29) is 5.91 Å². The molecule has 58 valence electrons. The van der Waals surface area contributed by atoms with Gasteiger partial charge >= 0.3 is 0 Å². The molecule has 0 aliphatic carbocycles. The molecule has 1 aromatic heterocycles. The van der Waals surface area contributed by atoms with Crippen molar-refractivity contribution in [1.29, 1.82) is 0 Å². The Labute approximate surface area is 73.5 Å². The first-order chi connectivity index (χ1) is 5.24. The van der Waals surface area contributed by atoms with Crippen LogP contribution >= 0.6 is 22.9 Å². The largest absolute Gasteiger partial charge is 0.320 e. The fourth-order valence-electron chi connectivity index (χ4n) is 0.565. The van der Waals surface area contributed by atoms with Gasteiger partial charge in [0.25, 0.3) is 0 Å². The van der Waals surface area contributed by atoms with Gasteiger partial charge < -0.3 is 5.32 Å². The number of carbonyl (C=O) groups is 1. The molecule has 0 unspecified atom stereocenters. The van der Waals surface area contributed by atoms with Gasteiger partial charge in [-0.1, -0.05) is 18.2 Å². The highest BCUT2D eigenvalue weighted by Crippen LogP contribution is 2.27. The maximum Gasteiger partial charge on any atom is 0.247 e. The molecule has 2 nitrogen and oxygen atoms in total. The summed E-state index contributed by atoms with van der Waals surface area (Å²) in [5, 5.41) is 4.37. The lowest BCUT2D eigenvalue weighted by Crippen LogP contribution is -2.06. The molecule has 1 rings (SSSR count). The van der Waals surface area contributed by atoms with Crippen molar-refractivity contribution in [3.05, 3.63) is 28.4 Å². The van der Waals surface area contributed by atoms with Crippen molar-refractivity contribution >= 4 is 34.5 Å². The van der Waals surface area contributed by atoms with Crippen LogP contribution in [0.15, 0.2) is 24.1 Å². The molecule has 1 amide bonds. The minimum Gasteiger partial charge on any atom is -0.320 e. The Morgan fingerprint density at radius 2 is 2.55 bits per heavy atom. The van der Waals surface area contributed by atoms with Gasteiger partial charge in [0.15, 0.2) is 0 Å². The van der Waals surface area contributed by atoms with Crippen molar-refractivity contribution in [3.63, 3.8) is 0 Å². The summed E-state index contributed by atoms with van der Waals surface area (Å²) < 4.78 is 0.584. The van der Waals surface area contributed by atoms with Gasteiger partial charge in [0, 0.05) is 0 Å². The molecule has 0 radical (unpaired) electrons. The fraction of sp³-hybridized carbons (Fsp3) is 0. The van der Waals surface area contributed by atoms with Gasteiger partial charge in [0.2, 0.25) is 5.91 Å². The molecule has 0 aliphatic rings. The average molecular weight is 188 g/mol. The van der Waals surface area contributed by atoms with Gasteiger partial charge in [-0.25, -0.2) is 0 Å². The van der Waals surface area contributed by atoms with Gasteiger partial charge in [-0.15, -0.1) is 11.3 Å². The molecular weight excluding hydrogens is 182 g/mol. The van der Waals surface area contributed by atoms with Gasteiger partial charge in [-0.05, 0) is 17.5 Å². The zero-order valence-electron chi connectivity index (χ0n) is 5.63. The van der Waals surface area contributed by atoms with E-state index in [9.17, 15) is 4.79 Å². The number of hydrogen-bond donors (Lipinski definition) is 1. The van der Waals surface area contributed by atoms with Crippen LogP contribution < -0.4 is 5.32 Å². The average Bonchev–Trinajstić information content (AvgIpc) is 2.37. The number of nitrogens with one attached hydrogen (secondary N) is 1. The molecule has 0 atom stereocenters. The molecule has 0 aromatic carbocycles. The van der Waals surface area contributed by atoms with Gasteiger partial charge in [0.1, 0.15) is 4.34 Å². The smallest absolute Gasteiger partial charge is 0.247 e. The molecule has 4 heteroatoms. The molecule has 0 fully saturated rings. The van der Waals surface area contributed by atoms with Crippen LogP contribution in [-0.4, -0.2) is 5.91 Å². The summed E-state index contributed by atoms with van der Waals surface area (Å²) in [5.74, 6) is -0.245. The van der Waals surface area contributed by atoms with Crippen molar-refractivity contribution in [1.82, 2.24) is 0 Å². The van der Waals surface area contributed by atoms with Gasteiger partial charge in [-0.2, -0.15) is 0 Å². The second kappa shape index (κ2) is 3.55. The molecule has 11 heavy (non-hydrogen) atoms. The molecule has 0 saturated carbocycles. The van der Waals surface area contributed by atoms with E-state index in [1.165, 1.54) is 17.4 Å². The number of halogens is 1. The molecule has 0 bridgehead atoms. The summed E-state index contributed by atoms with van der Waals surface area (Å²) in [6, 6.07) is 1.74. The Hall–Kier alpha value is -0.800. The van der Waals surface area contributed by atoms with Gasteiger partial charge in [0.05, 0.1) is 5.69 Å². The summed E-state index contributed by atoms with van der Waals surface area (Å²) in [7, 11) is 0. The van der Waals surface area contributed by atoms with Crippen molar-refractivity contribution in [2.24, 2.45) is 0 Å². The Bertz CT molecular complexity index is 282. The third-order valence-corrected chi connectivity index (χ3v) is 2.23. The third-order valence-electron chi connectivity index (χ3n) is 1.06. The third kappa shape index (κ3) is 2.06. The zero-order valence-corrected chi connectivity index (χ0v) is 7.21. The predicted molar refractivity (Wildman–Crippen MR) is 48.2 cm³/mol. The van der Waals surface area contributed by atoms with Crippen LogP contribution in [0.3, 0.4) is 0 Å². The number of carbonyl (C=O) groups excluding carboxylic acids is 1. The molecule has 1 aromatic rings. The van der Waals surface area contributed by atoms with E-state index < -0.39 is 0 Å². The highest BCUT2D eigenvalue weighted by Gasteiger charge is 2.02. The van der Waals surface area contributed by atoms with E-state index in [1.54, 1.807) is 11.4 Å². The number of rotatable bonds is 2. The highest BCUT2D eigenvalue weighted by molar-refractivity contribution is 7.15. The van der Waals surface area contributed by atoms with E-state index in [0.717, 1.165) is 0 Å². The van der Waals surface area contributed by atoms with Gasteiger partial charge in [-0.3, -0.25) is 4.79 Å². The molecule has 1 N–H and O–H groups in total. The number of amides is 1. The van der Waals surface area contributed by atoms with Crippen LogP contribution in [-0.2, 0) is 4.79 Å². The highest BCUT2D eigenvalue weighted by atomic mass is 35.5. The van der Waals surface area contributed by atoms with E-state index in [4.69, 9.17) is 11.6 Å². The summed E-state index contributed by atoms with van der Waals surface area (Å²) in [5.41, 5.74) is 0.640. The normalized spacial score (nSPS) is 9.18. The summed E-state index contributed by atoms with van der Waals surface area (Å²) in [6.07, 6.45) is 1.20. The van der Waals surface area contributed by atoms with Crippen LogP contribution in [0.5, 0.6) is 0 Å². The fourth-order valence-corrected chi connectivity index (χ4v) is 1.40. The maximum absolute atomic E-state index is 10.7. The first kappa shape index (κ1) is 8.30. The second-order valence-electron chi connectivity index (χ2n) is 1.80. The van der Waals surface area contributed by atoms with Crippen LogP contribution in [0.2, 0.25) is 4.34 Å². The SMILES string of the molecule is C=CC(=O)Nc1ccsc1Cl. The number of hydrogen-bond acceptors (Lipinski definition) is 2. The Kier molecular flexibility index (Phi) is 2.68. The second-order valence-corrected chi connectivity index (χ2v) is 3.32.